The highest BCUT2D eigenvalue weighted by Gasteiger charge is 2.21. The molecule has 5 nitrogen and oxygen atoms in total. The first-order valence-electron chi connectivity index (χ1n) is 7.29. The van der Waals surface area contributed by atoms with E-state index in [0.717, 1.165) is 40.0 Å². The normalized spacial score (nSPS) is 16.7. The molecule has 1 heterocycles. The summed E-state index contributed by atoms with van der Waals surface area (Å²) in [5, 5.41) is 6.67. The highest BCUT2D eigenvalue weighted by Crippen LogP contribution is 2.38. The lowest BCUT2D eigenvalue weighted by Gasteiger charge is -2.20. The van der Waals surface area contributed by atoms with Crippen LogP contribution in [0.5, 0.6) is 11.5 Å². The van der Waals surface area contributed by atoms with Gasteiger partial charge in [0.2, 0.25) is 0 Å². The molecule has 1 aliphatic carbocycles. The Hall–Kier alpha value is -0.700. The number of nitrogens with zero attached hydrogens (tertiary/aromatic N) is 1. The largest absolute Gasteiger partial charge is 0.486 e. The number of hydrogen-bond acceptors (Lipinski definition) is 3. The number of rotatable bonds is 4. The molecule has 0 radical (unpaired) electrons. The molecule has 2 aliphatic rings. The number of benzene rings is 1. The van der Waals surface area contributed by atoms with Crippen LogP contribution >= 0.6 is 39.9 Å². The molecule has 3 rings (SSSR count). The minimum Gasteiger partial charge on any atom is -0.486 e. The Bertz CT molecular complexity index is 550. The second kappa shape index (κ2) is 8.24. The Labute approximate surface area is 156 Å². The van der Waals surface area contributed by atoms with Gasteiger partial charge >= 0.3 is 0 Å². The molecular formula is C15H21BrIN3O2. The molecule has 0 amide bonds. The molecule has 122 valence electrons. The molecule has 7 heteroatoms. The van der Waals surface area contributed by atoms with Crippen molar-refractivity contribution in [3.8, 4) is 11.5 Å². The summed E-state index contributed by atoms with van der Waals surface area (Å²) in [5.41, 5.74) is 1.13. The number of nitrogens with one attached hydrogen (secondary N) is 2. The van der Waals surface area contributed by atoms with Crippen molar-refractivity contribution in [1.82, 2.24) is 10.6 Å². The van der Waals surface area contributed by atoms with Gasteiger partial charge in [-0.25, -0.2) is 0 Å². The molecule has 0 bridgehead atoms. The lowest BCUT2D eigenvalue weighted by Crippen LogP contribution is -2.37. The van der Waals surface area contributed by atoms with Crippen LogP contribution in [0.3, 0.4) is 0 Å². The van der Waals surface area contributed by atoms with Crippen molar-refractivity contribution < 1.29 is 9.47 Å². The van der Waals surface area contributed by atoms with E-state index in [9.17, 15) is 0 Å². The van der Waals surface area contributed by atoms with E-state index in [1.165, 1.54) is 12.8 Å². The van der Waals surface area contributed by atoms with Gasteiger partial charge in [-0.2, -0.15) is 0 Å². The smallest absolute Gasteiger partial charge is 0.191 e. The second-order valence-corrected chi connectivity index (χ2v) is 6.21. The van der Waals surface area contributed by atoms with Crippen molar-refractivity contribution in [1.29, 1.82) is 0 Å². The van der Waals surface area contributed by atoms with Crippen molar-refractivity contribution in [3.63, 3.8) is 0 Å². The van der Waals surface area contributed by atoms with Crippen molar-refractivity contribution >= 4 is 45.9 Å². The molecule has 2 N–H and O–H groups in total. The van der Waals surface area contributed by atoms with Gasteiger partial charge in [0, 0.05) is 20.1 Å². The first-order valence-corrected chi connectivity index (χ1v) is 8.08. The summed E-state index contributed by atoms with van der Waals surface area (Å²) in [4.78, 5) is 4.24. The first kappa shape index (κ1) is 17.7. The Morgan fingerprint density at radius 1 is 1.27 bits per heavy atom. The zero-order chi connectivity index (χ0) is 14.7. The predicted molar refractivity (Wildman–Crippen MR) is 101 cm³/mol. The van der Waals surface area contributed by atoms with Gasteiger partial charge < -0.3 is 20.1 Å². The summed E-state index contributed by atoms with van der Waals surface area (Å²) >= 11 is 3.54. The lowest BCUT2D eigenvalue weighted by atomic mass is 10.2. The van der Waals surface area contributed by atoms with Gasteiger partial charge in [0.1, 0.15) is 13.2 Å². The molecular weight excluding hydrogens is 461 g/mol. The van der Waals surface area contributed by atoms with E-state index in [1.807, 2.05) is 6.07 Å². The van der Waals surface area contributed by atoms with Crippen LogP contribution in [0.1, 0.15) is 18.4 Å². The van der Waals surface area contributed by atoms with Crippen molar-refractivity contribution in [2.24, 2.45) is 10.9 Å². The standard InChI is InChI=1S/C15H20BrN3O2.HI/c1-17-15(18-8-10-2-3-10)19-9-11-6-12(16)14-13(7-11)20-4-5-21-14;/h6-7,10H,2-5,8-9H2,1H3,(H2,17,18,19);1H. The number of fused-ring (bicyclic) bond motifs is 1. The quantitative estimate of drug-likeness (QED) is 0.394. The molecule has 1 aromatic carbocycles. The molecule has 0 spiro atoms. The maximum Gasteiger partial charge on any atom is 0.191 e. The molecule has 22 heavy (non-hydrogen) atoms. The molecule has 0 unspecified atom stereocenters. The molecule has 1 fully saturated rings. The minimum absolute atomic E-state index is 0. The minimum atomic E-state index is 0. The highest BCUT2D eigenvalue weighted by molar-refractivity contribution is 14.0. The van der Waals surface area contributed by atoms with E-state index in [-0.39, 0.29) is 24.0 Å². The second-order valence-electron chi connectivity index (χ2n) is 5.35. The molecule has 0 saturated heterocycles. The predicted octanol–water partition coefficient (Wildman–Crippen LogP) is 2.91. The van der Waals surface area contributed by atoms with E-state index < -0.39 is 0 Å². The highest BCUT2D eigenvalue weighted by atomic mass is 127. The lowest BCUT2D eigenvalue weighted by molar-refractivity contribution is 0.170. The van der Waals surface area contributed by atoms with Crippen LogP contribution in [0.15, 0.2) is 21.6 Å². The number of aliphatic imine (C=N–C) groups is 1. The van der Waals surface area contributed by atoms with Gasteiger partial charge in [-0.1, -0.05) is 0 Å². The van der Waals surface area contributed by atoms with E-state index in [2.05, 4.69) is 37.6 Å². The third kappa shape index (κ3) is 4.65. The number of guanidine groups is 1. The zero-order valence-electron chi connectivity index (χ0n) is 12.5. The summed E-state index contributed by atoms with van der Waals surface area (Å²) in [6.45, 7) is 2.89. The van der Waals surface area contributed by atoms with Gasteiger partial charge in [0.15, 0.2) is 17.5 Å². The fraction of sp³-hybridized carbons (Fsp3) is 0.533. The maximum atomic E-state index is 5.64. The first-order chi connectivity index (χ1) is 10.3. The molecule has 1 aromatic rings. The zero-order valence-corrected chi connectivity index (χ0v) is 16.4. The van der Waals surface area contributed by atoms with Gasteiger partial charge in [0.25, 0.3) is 0 Å². The van der Waals surface area contributed by atoms with Crippen LogP contribution < -0.4 is 20.1 Å². The molecule has 0 aromatic heterocycles. The molecule has 1 aliphatic heterocycles. The van der Waals surface area contributed by atoms with Crippen LogP contribution in [0.2, 0.25) is 0 Å². The average Bonchev–Trinajstić information content (AvgIpc) is 3.32. The fourth-order valence-electron chi connectivity index (χ4n) is 2.24. The van der Waals surface area contributed by atoms with Crippen LogP contribution in [-0.2, 0) is 6.54 Å². The summed E-state index contributed by atoms with van der Waals surface area (Å²) in [5.74, 6) is 3.26. The van der Waals surface area contributed by atoms with Gasteiger partial charge in [-0.05, 0) is 52.4 Å². The van der Waals surface area contributed by atoms with Crippen molar-refractivity contribution in [2.75, 3.05) is 26.8 Å². The van der Waals surface area contributed by atoms with Gasteiger partial charge in [0.05, 0.1) is 4.47 Å². The average molecular weight is 482 g/mol. The third-order valence-corrected chi connectivity index (χ3v) is 4.18. The Kier molecular flexibility index (Phi) is 6.61. The van der Waals surface area contributed by atoms with Crippen LogP contribution in [-0.4, -0.2) is 32.8 Å². The molecule has 1 saturated carbocycles. The summed E-state index contributed by atoms with van der Waals surface area (Å²) < 4.78 is 12.2. The number of hydrogen-bond donors (Lipinski definition) is 2. The SMILES string of the molecule is CN=C(NCc1cc(Br)c2c(c1)OCCO2)NCC1CC1.I. The van der Waals surface area contributed by atoms with E-state index >= 15 is 0 Å². The van der Waals surface area contributed by atoms with E-state index in [0.29, 0.717) is 19.8 Å². The Balaban J connectivity index is 0.00000176. The van der Waals surface area contributed by atoms with Gasteiger partial charge in [-0.15, -0.1) is 24.0 Å². The summed E-state index contributed by atoms with van der Waals surface area (Å²) in [6, 6.07) is 4.06. The summed E-state index contributed by atoms with van der Waals surface area (Å²) in [7, 11) is 1.79. The maximum absolute atomic E-state index is 5.64. The Morgan fingerprint density at radius 3 is 2.77 bits per heavy atom. The number of ether oxygens (including phenoxy) is 2. The van der Waals surface area contributed by atoms with Crippen LogP contribution in [0.4, 0.5) is 0 Å². The van der Waals surface area contributed by atoms with Gasteiger partial charge in [-0.3, -0.25) is 4.99 Å². The van der Waals surface area contributed by atoms with Crippen LogP contribution in [0, 0.1) is 5.92 Å². The Morgan fingerprint density at radius 2 is 2.05 bits per heavy atom. The number of halogens is 2. The third-order valence-electron chi connectivity index (χ3n) is 3.60. The topological polar surface area (TPSA) is 54.9 Å². The monoisotopic (exact) mass is 481 g/mol. The summed E-state index contributed by atoms with van der Waals surface area (Å²) in [6.07, 6.45) is 2.66. The van der Waals surface area contributed by atoms with E-state index in [4.69, 9.17) is 9.47 Å². The van der Waals surface area contributed by atoms with Crippen molar-refractivity contribution in [2.45, 2.75) is 19.4 Å². The molecule has 0 atom stereocenters. The fourth-order valence-corrected chi connectivity index (χ4v) is 2.84. The van der Waals surface area contributed by atoms with Crippen LogP contribution in [0.25, 0.3) is 0 Å². The van der Waals surface area contributed by atoms with Crippen molar-refractivity contribution in [3.05, 3.63) is 22.2 Å². The van der Waals surface area contributed by atoms with E-state index in [1.54, 1.807) is 7.05 Å².